The van der Waals surface area contributed by atoms with E-state index in [1.807, 2.05) is 0 Å². The summed E-state index contributed by atoms with van der Waals surface area (Å²) in [5, 5.41) is 0. The van der Waals surface area contributed by atoms with E-state index in [0.29, 0.717) is 5.92 Å². The van der Waals surface area contributed by atoms with Crippen molar-refractivity contribution in [3.63, 3.8) is 0 Å². The minimum atomic E-state index is 0.655. The van der Waals surface area contributed by atoms with E-state index >= 15 is 0 Å². The molecule has 0 radical (unpaired) electrons. The maximum Gasteiger partial charge on any atom is -0.0214 e. The summed E-state index contributed by atoms with van der Waals surface area (Å²) in [5.74, 6) is 0.655. The monoisotopic (exact) mass is 178 g/mol. The molecule has 0 aromatic carbocycles. The third-order valence-electron chi connectivity index (χ3n) is 1.86. The van der Waals surface area contributed by atoms with Gasteiger partial charge in [-0.05, 0) is 37.3 Å². The molecule has 0 heteroatoms. The molecule has 0 nitrogen and oxygen atoms in total. The minimum Gasteiger partial charge on any atom is -0.130 e. The van der Waals surface area contributed by atoms with Crippen LogP contribution in [-0.2, 0) is 0 Å². The normalized spacial score (nSPS) is 12.5. The van der Waals surface area contributed by atoms with Gasteiger partial charge in [0.1, 0.15) is 0 Å². The molecule has 0 saturated carbocycles. The van der Waals surface area contributed by atoms with E-state index in [1.165, 1.54) is 6.42 Å². The van der Waals surface area contributed by atoms with Crippen LogP contribution in [0.25, 0.3) is 0 Å². The third-order valence-corrected chi connectivity index (χ3v) is 1.86. The molecule has 0 aliphatic carbocycles. The van der Waals surface area contributed by atoms with Gasteiger partial charge in [-0.3, -0.25) is 0 Å². The summed E-state index contributed by atoms with van der Waals surface area (Å²) in [6.45, 7) is 6.59. The maximum absolute atomic E-state index is 3.21. The van der Waals surface area contributed by atoms with Crippen LogP contribution >= 0.6 is 0 Å². The minimum absolute atomic E-state index is 0.655. The molecule has 0 amide bonds. The quantitative estimate of drug-likeness (QED) is 0.415. The standard InChI is InChI=1S/C13H22/c1-4-6-8-9-10-12-13(3)11-7-5-2/h7-8,10-11,13H,4-6,12H2,1-3H3. The van der Waals surface area contributed by atoms with E-state index in [-0.39, 0.29) is 0 Å². The lowest BCUT2D eigenvalue weighted by Crippen LogP contribution is -1.84. The Morgan fingerprint density at radius 3 is 2.62 bits per heavy atom. The molecule has 0 aliphatic heterocycles. The van der Waals surface area contributed by atoms with Gasteiger partial charge in [-0.2, -0.15) is 0 Å². The van der Waals surface area contributed by atoms with Gasteiger partial charge in [0.15, 0.2) is 0 Å². The predicted octanol–water partition coefficient (Wildman–Crippen LogP) is 4.49. The molecule has 0 aliphatic rings. The van der Waals surface area contributed by atoms with Crippen molar-refractivity contribution in [3.05, 3.63) is 30.0 Å². The highest BCUT2D eigenvalue weighted by molar-refractivity contribution is 4.92. The van der Waals surface area contributed by atoms with Gasteiger partial charge in [0.2, 0.25) is 0 Å². The van der Waals surface area contributed by atoms with Gasteiger partial charge >= 0.3 is 0 Å². The summed E-state index contributed by atoms with van der Waals surface area (Å²) in [4.78, 5) is 0. The lowest BCUT2D eigenvalue weighted by atomic mass is 10.1. The molecular weight excluding hydrogens is 156 g/mol. The molecule has 0 spiro atoms. The average Bonchev–Trinajstić information content (AvgIpc) is 2.14. The van der Waals surface area contributed by atoms with Gasteiger partial charge in [-0.25, -0.2) is 0 Å². The smallest absolute Gasteiger partial charge is 0.0214 e. The molecule has 0 aromatic rings. The van der Waals surface area contributed by atoms with Crippen LogP contribution in [0.2, 0.25) is 0 Å². The summed E-state index contributed by atoms with van der Waals surface area (Å²) in [6, 6.07) is 0. The van der Waals surface area contributed by atoms with Crippen molar-refractivity contribution in [1.82, 2.24) is 0 Å². The largest absolute Gasteiger partial charge is 0.130 e. The molecule has 0 saturated heterocycles. The molecule has 1 atom stereocenters. The number of unbranched alkanes of at least 4 members (excludes halogenated alkanes) is 1. The zero-order valence-corrected chi connectivity index (χ0v) is 9.22. The highest BCUT2D eigenvalue weighted by atomic mass is 14.0. The van der Waals surface area contributed by atoms with Crippen LogP contribution in [0.5, 0.6) is 0 Å². The first kappa shape index (κ1) is 12.3. The Labute approximate surface area is 83.0 Å². The molecule has 0 fully saturated rings. The zero-order valence-electron chi connectivity index (χ0n) is 9.22. The summed E-state index contributed by atoms with van der Waals surface area (Å²) in [7, 11) is 0. The molecule has 13 heavy (non-hydrogen) atoms. The van der Waals surface area contributed by atoms with E-state index < -0.39 is 0 Å². The van der Waals surface area contributed by atoms with E-state index in [2.05, 4.69) is 50.8 Å². The van der Waals surface area contributed by atoms with Crippen LogP contribution in [0.15, 0.2) is 30.0 Å². The van der Waals surface area contributed by atoms with Crippen LogP contribution in [-0.4, -0.2) is 0 Å². The fourth-order valence-electron chi connectivity index (χ4n) is 1.01. The van der Waals surface area contributed by atoms with E-state index in [0.717, 1.165) is 19.3 Å². The molecule has 74 valence electrons. The number of allylic oxidation sites excluding steroid dienone is 3. The van der Waals surface area contributed by atoms with Crippen molar-refractivity contribution in [3.8, 4) is 0 Å². The first-order valence-corrected chi connectivity index (χ1v) is 5.37. The van der Waals surface area contributed by atoms with E-state index in [4.69, 9.17) is 0 Å². The molecule has 1 unspecified atom stereocenters. The van der Waals surface area contributed by atoms with Gasteiger partial charge in [0.05, 0.1) is 0 Å². The number of hydrogen-bond donors (Lipinski definition) is 0. The Balaban J connectivity index is 3.62. The van der Waals surface area contributed by atoms with Crippen molar-refractivity contribution in [2.24, 2.45) is 5.92 Å². The second-order valence-corrected chi connectivity index (χ2v) is 3.41. The second kappa shape index (κ2) is 9.35. The average molecular weight is 178 g/mol. The lowest BCUT2D eigenvalue weighted by Gasteiger charge is -1.98. The Bertz CT molecular complexity index is 180. The van der Waals surface area contributed by atoms with Crippen LogP contribution in [0.4, 0.5) is 0 Å². The van der Waals surface area contributed by atoms with Gasteiger partial charge in [-0.1, -0.05) is 39.3 Å². The Morgan fingerprint density at radius 2 is 2.00 bits per heavy atom. The Morgan fingerprint density at radius 1 is 1.23 bits per heavy atom. The highest BCUT2D eigenvalue weighted by Crippen LogP contribution is 2.04. The molecule has 0 N–H and O–H groups in total. The Kier molecular flexibility index (Phi) is 8.82. The van der Waals surface area contributed by atoms with Crippen LogP contribution in [0, 0.1) is 5.92 Å². The second-order valence-electron chi connectivity index (χ2n) is 3.41. The van der Waals surface area contributed by atoms with Crippen molar-refractivity contribution < 1.29 is 0 Å². The summed E-state index contributed by atoms with van der Waals surface area (Å²) in [5.41, 5.74) is 3.21. The summed E-state index contributed by atoms with van der Waals surface area (Å²) < 4.78 is 0. The van der Waals surface area contributed by atoms with Gasteiger partial charge in [0, 0.05) is 0 Å². The molecule has 0 rings (SSSR count). The van der Waals surface area contributed by atoms with Crippen molar-refractivity contribution in [2.45, 2.75) is 46.5 Å². The van der Waals surface area contributed by atoms with Crippen LogP contribution < -0.4 is 0 Å². The SMILES string of the molecule is CCC=CC(C)CC=C=CCCC. The Hall–Kier alpha value is -0.740. The molecule has 0 bridgehead atoms. The highest BCUT2D eigenvalue weighted by Gasteiger charge is 1.90. The summed E-state index contributed by atoms with van der Waals surface area (Å²) in [6.07, 6.45) is 13.4. The van der Waals surface area contributed by atoms with Gasteiger partial charge < -0.3 is 0 Å². The van der Waals surface area contributed by atoms with Crippen LogP contribution in [0.3, 0.4) is 0 Å². The van der Waals surface area contributed by atoms with Crippen LogP contribution in [0.1, 0.15) is 46.5 Å². The van der Waals surface area contributed by atoms with Crippen molar-refractivity contribution in [1.29, 1.82) is 0 Å². The molecular formula is C13H22. The fraction of sp³-hybridized carbons (Fsp3) is 0.615. The first-order valence-electron chi connectivity index (χ1n) is 5.37. The van der Waals surface area contributed by atoms with Gasteiger partial charge in [0.25, 0.3) is 0 Å². The zero-order chi connectivity index (χ0) is 9.94. The van der Waals surface area contributed by atoms with E-state index in [1.54, 1.807) is 0 Å². The first-order chi connectivity index (χ1) is 6.31. The van der Waals surface area contributed by atoms with E-state index in [9.17, 15) is 0 Å². The topological polar surface area (TPSA) is 0 Å². The van der Waals surface area contributed by atoms with Gasteiger partial charge in [-0.15, -0.1) is 5.73 Å². The fourth-order valence-corrected chi connectivity index (χ4v) is 1.01. The number of rotatable bonds is 6. The molecule has 0 heterocycles. The maximum atomic E-state index is 3.21. The predicted molar refractivity (Wildman–Crippen MR) is 60.8 cm³/mol. The molecule has 0 aromatic heterocycles. The third kappa shape index (κ3) is 9.17. The van der Waals surface area contributed by atoms with Crippen molar-refractivity contribution >= 4 is 0 Å². The summed E-state index contributed by atoms with van der Waals surface area (Å²) >= 11 is 0. The van der Waals surface area contributed by atoms with Crippen molar-refractivity contribution in [2.75, 3.05) is 0 Å². The number of hydrogen-bond acceptors (Lipinski definition) is 0. The lowest BCUT2D eigenvalue weighted by molar-refractivity contribution is 0.741.